The third kappa shape index (κ3) is 2.27. The Morgan fingerprint density at radius 2 is 2.12 bits per heavy atom. The summed E-state index contributed by atoms with van der Waals surface area (Å²) in [4.78, 5) is 9.77. The monoisotopic (exact) mass is 367 g/mol. The second-order valence-corrected chi connectivity index (χ2v) is 8.75. The van der Waals surface area contributed by atoms with Crippen molar-refractivity contribution in [2.45, 2.75) is 16.5 Å². The smallest absolute Gasteiger partial charge is 0.245 e. The number of oxazole rings is 1. The van der Waals surface area contributed by atoms with Crippen LogP contribution in [0.2, 0.25) is 0 Å². The van der Waals surface area contributed by atoms with Crippen molar-refractivity contribution in [3.8, 4) is 22.7 Å². The van der Waals surface area contributed by atoms with Gasteiger partial charge in [0.15, 0.2) is 5.37 Å². The van der Waals surface area contributed by atoms with Gasteiger partial charge in [0.1, 0.15) is 22.5 Å². The second kappa shape index (κ2) is 5.59. The van der Waals surface area contributed by atoms with Crippen molar-refractivity contribution in [2.24, 2.45) is 0 Å². The molecule has 0 radical (unpaired) electrons. The SMILES string of the molecule is CC1Nc2c(sc3nc(-c4ncco4)cc(-c4ccccc4)c23)[S+]1[O-]. The summed E-state index contributed by atoms with van der Waals surface area (Å²) >= 11 is 0.420. The minimum atomic E-state index is -1.05. The second-order valence-electron chi connectivity index (χ2n) is 5.79. The van der Waals surface area contributed by atoms with Crippen molar-refractivity contribution in [2.75, 3.05) is 5.32 Å². The first-order valence-corrected chi connectivity index (χ1v) is 9.85. The molecule has 25 heavy (non-hydrogen) atoms. The summed E-state index contributed by atoms with van der Waals surface area (Å²) in [6.07, 6.45) is 3.15. The molecule has 1 aliphatic rings. The maximum Gasteiger partial charge on any atom is 0.245 e. The molecule has 1 aliphatic heterocycles. The molecule has 0 bridgehead atoms. The molecular formula is C18H13N3O2S2. The fraction of sp³-hybridized carbons (Fsp3) is 0.111. The van der Waals surface area contributed by atoms with Gasteiger partial charge in [-0.15, -0.1) is 0 Å². The summed E-state index contributed by atoms with van der Waals surface area (Å²) in [6.45, 7) is 1.94. The molecule has 2 atom stereocenters. The van der Waals surface area contributed by atoms with E-state index in [2.05, 4.69) is 22.4 Å². The maximum absolute atomic E-state index is 12.5. The topological polar surface area (TPSA) is 74.0 Å². The van der Waals surface area contributed by atoms with Crippen molar-refractivity contribution in [3.63, 3.8) is 0 Å². The number of thiophene rings is 1. The van der Waals surface area contributed by atoms with Gasteiger partial charge in [-0.1, -0.05) is 41.7 Å². The number of pyridine rings is 1. The number of nitrogens with one attached hydrogen (secondary N) is 1. The molecule has 0 spiro atoms. The summed E-state index contributed by atoms with van der Waals surface area (Å²) in [5.74, 6) is 0.482. The van der Waals surface area contributed by atoms with Crippen LogP contribution in [0.1, 0.15) is 6.92 Å². The molecular weight excluding hydrogens is 354 g/mol. The van der Waals surface area contributed by atoms with Crippen molar-refractivity contribution < 1.29 is 8.97 Å². The van der Waals surface area contributed by atoms with Gasteiger partial charge in [-0.3, -0.25) is 0 Å². The number of nitrogens with zero attached hydrogens (tertiary/aromatic N) is 2. The van der Waals surface area contributed by atoms with E-state index in [1.165, 1.54) is 17.6 Å². The van der Waals surface area contributed by atoms with Crippen molar-refractivity contribution >= 4 is 38.4 Å². The minimum absolute atomic E-state index is 0.0827. The normalized spacial score (nSPS) is 19.1. The molecule has 0 saturated carbocycles. The number of aromatic nitrogens is 2. The van der Waals surface area contributed by atoms with E-state index in [1.54, 1.807) is 6.20 Å². The van der Waals surface area contributed by atoms with Crippen LogP contribution >= 0.6 is 11.3 Å². The Hall–Kier alpha value is -2.35. The van der Waals surface area contributed by atoms with Crippen LogP contribution in [0.4, 0.5) is 5.69 Å². The molecule has 5 nitrogen and oxygen atoms in total. The Bertz CT molecular complexity index is 1060. The van der Waals surface area contributed by atoms with E-state index in [0.29, 0.717) is 11.6 Å². The lowest BCUT2D eigenvalue weighted by molar-refractivity contribution is 0.572. The summed E-state index contributed by atoms with van der Waals surface area (Å²) < 4.78 is 18.8. The first kappa shape index (κ1) is 14.9. The van der Waals surface area contributed by atoms with Crippen molar-refractivity contribution in [1.29, 1.82) is 0 Å². The predicted octanol–water partition coefficient (Wildman–Crippen LogP) is 4.50. The zero-order valence-corrected chi connectivity index (χ0v) is 14.9. The molecule has 7 heteroatoms. The summed E-state index contributed by atoms with van der Waals surface area (Å²) in [5.41, 5.74) is 3.73. The lowest BCUT2D eigenvalue weighted by Crippen LogP contribution is -2.17. The van der Waals surface area contributed by atoms with Gasteiger partial charge < -0.3 is 14.3 Å². The average Bonchev–Trinajstić information content (AvgIpc) is 3.34. The van der Waals surface area contributed by atoms with Crippen LogP contribution in [0.5, 0.6) is 0 Å². The van der Waals surface area contributed by atoms with E-state index in [0.717, 1.165) is 31.2 Å². The third-order valence-corrected chi connectivity index (χ3v) is 7.17. The molecule has 1 aromatic carbocycles. The zero-order chi connectivity index (χ0) is 17.0. The Labute approximate surface area is 150 Å². The van der Waals surface area contributed by atoms with Gasteiger partial charge >= 0.3 is 0 Å². The number of benzene rings is 1. The number of rotatable bonds is 2. The fourth-order valence-corrected chi connectivity index (χ4v) is 5.88. The molecule has 0 amide bonds. The fourth-order valence-electron chi connectivity index (χ4n) is 3.07. The van der Waals surface area contributed by atoms with Crippen LogP contribution in [0.15, 0.2) is 57.5 Å². The Kier molecular flexibility index (Phi) is 3.34. The summed E-state index contributed by atoms with van der Waals surface area (Å²) in [5, 5.41) is 4.30. The van der Waals surface area contributed by atoms with Crippen LogP contribution in [-0.2, 0) is 11.2 Å². The number of fused-ring (bicyclic) bond motifs is 3. The van der Waals surface area contributed by atoms with Gasteiger partial charge in [0.05, 0.1) is 6.20 Å². The van der Waals surface area contributed by atoms with E-state index in [9.17, 15) is 4.55 Å². The van der Waals surface area contributed by atoms with Crippen LogP contribution in [0.25, 0.3) is 32.9 Å². The lowest BCUT2D eigenvalue weighted by Gasteiger charge is -2.09. The molecule has 4 aromatic rings. The molecule has 3 aromatic heterocycles. The molecule has 4 heterocycles. The van der Waals surface area contributed by atoms with Gasteiger partial charge in [-0.2, -0.15) is 0 Å². The summed E-state index contributed by atoms with van der Waals surface area (Å²) in [7, 11) is 0. The molecule has 0 saturated heterocycles. The lowest BCUT2D eigenvalue weighted by atomic mass is 10.0. The maximum atomic E-state index is 12.5. The van der Waals surface area contributed by atoms with Gasteiger partial charge in [-0.25, -0.2) is 9.97 Å². The highest BCUT2D eigenvalue weighted by molar-refractivity contribution is 7.94. The largest absolute Gasteiger partial charge is 0.609 e. The minimum Gasteiger partial charge on any atom is -0.609 e. The quantitative estimate of drug-likeness (QED) is 0.528. The molecule has 124 valence electrons. The van der Waals surface area contributed by atoms with Gasteiger partial charge in [0.2, 0.25) is 10.1 Å². The predicted molar refractivity (Wildman–Crippen MR) is 100 cm³/mol. The molecule has 0 fully saturated rings. The van der Waals surface area contributed by atoms with Crippen LogP contribution in [0.3, 0.4) is 0 Å². The van der Waals surface area contributed by atoms with Crippen LogP contribution in [0, 0.1) is 0 Å². The highest BCUT2D eigenvalue weighted by Gasteiger charge is 2.37. The van der Waals surface area contributed by atoms with E-state index in [-0.39, 0.29) is 5.37 Å². The van der Waals surface area contributed by atoms with Crippen molar-refractivity contribution in [1.82, 2.24) is 9.97 Å². The summed E-state index contributed by atoms with van der Waals surface area (Å²) in [6, 6.07) is 12.1. The third-order valence-electron chi connectivity index (χ3n) is 4.22. The average molecular weight is 367 g/mol. The molecule has 0 aliphatic carbocycles. The molecule has 2 unspecified atom stereocenters. The van der Waals surface area contributed by atoms with E-state index >= 15 is 0 Å². The highest BCUT2D eigenvalue weighted by Crippen LogP contribution is 2.48. The molecule has 5 rings (SSSR count). The van der Waals surface area contributed by atoms with E-state index in [1.807, 2.05) is 31.2 Å². The number of hydrogen-bond acceptors (Lipinski definition) is 6. The number of hydrogen-bond donors (Lipinski definition) is 1. The Balaban J connectivity index is 1.84. The first-order chi connectivity index (χ1) is 12.2. The van der Waals surface area contributed by atoms with E-state index in [4.69, 9.17) is 9.40 Å². The Morgan fingerprint density at radius 3 is 2.88 bits per heavy atom. The van der Waals surface area contributed by atoms with Gasteiger partial charge in [0, 0.05) is 23.5 Å². The van der Waals surface area contributed by atoms with Gasteiger partial charge in [-0.05, 0) is 17.2 Å². The Morgan fingerprint density at radius 1 is 1.28 bits per heavy atom. The van der Waals surface area contributed by atoms with Gasteiger partial charge in [0.25, 0.3) is 0 Å². The standard InChI is InChI=1S/C18H13N3O2S2/c1-10-20-15-14-12(11-5-3-2-4-6-11)9-13(16-19-7-8-23-16)21-17(14)24-18(15)25(10)22/h2-10,20H,1H3. The van der Waals surface area contributed by atoms with E-state index < -0.39 is 11.2 Å². The van der Waals surface area contributed by atoms with Crippen LogP contribution < -0.4 is 5.32 Å². The van der Waals surface area contributed by atoms with Crippen molar-refractivity contribution in [3.05, 3.63) is 48.9 Å². The highest BCUT2D eigenvalue weighted by atomic mass is 32.2. The number of anilines is 1. The van der Waals surface area contributed by atoms with Crippen LogP contribution in [-0.4, -0.2) is 19.9 Å². The molecule has 1 N–H and O–H groups in total. The zero-order valence-electron chi connectivity index (χ0n) is 13.2. The first-order valence-electron chi connectivity index (χ1n) is 7.82.